The molecule has 0 fully saturated rings. The van der Waals surface area contributed by atoms with E-state index in [0.717, 1.165) is 134 Å². The highest BCUT2D eigenvalue weighted by Gasteiger charge is 2.27. The Kier molecular flexibility index (Phi) is 12.0. The van der Waals surface area contributed by atoms with Crippen LogP contribution < -0.4 is 14.7 Å². The van der Waals surface area contributed by atoms with E-state index in [1.54, 1.807) is 0 Å². The second-order valence-corrected chi connectivity index (χ2v) is 22.2. The number of benzene rings is 13. The third kappa shape index (κ3) is 8.37. The van der Waals surface area contributed by atoms with Crippen molar-refractivity contribution in [2.24, 2.45) is 0 Å². The minimum Gasteiger partial charge on any atom is -0.310 e. The molecule has 8 nitrogen and oxygen atoms in total. The zero-order valence-corrected chi connectivity index (χ0v) is 47.8. The topological polar surface area (TPSA) is 50.3 Å². The number of aromatic nitrogens is 5. The van der Waals surface area contributed by atoms with Crippen LogP contribution in [0.25, 0.3) is 93.4 Å². The van der Waals surface area contributed by atoms with Crippen LogP contribution in [0, 0.1) is 0 Å². The van der Waals surface area contributed by atoms with Gasteiger partial charge in [-0.25, -0.2) is 4.98 Å². The molecule has 0 spiro atoms. The lowest BCUT2D eigenvalue weighted by molar-refractivity contribution is 1.08. The molecule has 0 saturated carbocycles. The van der Waals surface area contributed by atoms with Gasteiger partial charge in [0.15, 0.2) is 5.82 Å². The summed E-state index contributed by atoms with van der Waals surface area (Å²) < 4.78 is 7.13. The van der Waals surface area contributed by atoms with Crippen molar-refractivity contribution in [1.82, 2.24) is 23.7 Å². The number of fused-ring (bicyclic) bond motifs is 10. The van der Waals surface area contributed by atoms with Crippen LogP contribution in [0.15, 0.2) is 328 Å². The number of anilines is 9. The average Bonchev–Trinajstić information content (AvgIpc) is 2.06. The van der Waals surface area contributed by atoms with Gasteiger partial charge >= 0.3 is 0 Å². The van der Waals surface area contributed by atoms with Crippen LogP contribution in [-0.2, 0) is 0 Å². The molecule has 0 radical (unpaired) electrons. The van der Waals surface area contributed by atoms with E-state index in [0.29, 0.717) is 5.95 Å². The van der Waals surface area contributed by atoms with Gasteiger partial charge in [0, 0.05) is 88.9 Å². The molecule has 0 N–H and O–H groups in total. The van der Waals surface area contributed by atoms with Gasteiger partial charge in [0.2, 0.25) is 5.95 Å². The maximum Gasteiger partial charge on any atom is 0.237 e. The summed E-state index contributed by atoms with van der Waals surface area (Å²) in [5.41, 5.74) is 17.6. The lowest BCUT2D eigenvalue weighted by Crippen LogP contribution is -2.18. The van der Waals surface area contributed by atoms with E-state index in [1.807, 2.05) is 0 Å². The summed E-state index contributed by atoms with van der Waals surface area (Å²) in [6.45, 7) is 0. The van der Waals surface area contributed by atoms with Crippen LogP contribution in [0.4, 0.5) is 51.6 Å². The standard InChI is InChI=1S/C80H54N8/c1-7-25-55(26-8-1)83(56-27-9-2-10-28-56)61-45-49-77-69(51-61)67-39-21-24-42-75(67)88(77)63-44-48-72-71(53-63)79(84(57-29-11-3-12-30-57)62-46-50-76-70(52-62)66-38-20-23-41-74(66)86(76)59-33-15-5-16-34-59)82-80(81-72)85(58-31-13-4-14-32-58)64-43-47-68-65-37-19-22-40-73(65)87(78(68)54-64)60-35-17-6-18-36-60/h1-54H. The zero-order valence-electron chi connectivity index (χ0n) is 47.8. The predicted octanol–water partition coefficient (Wildman–Crippen LogP) is 21.3. The predicted molar refractivity (Wildman–Crippen MR) is 367 cm³/mol. The smallest absolute Gasteiger partial charge is 0.237 e. The van der Waals surface area contributed by atoms with E-state index in [2.05, 4.69) is 356 Å². The van der Waals surface area contributed by atoms with Gasteiger partial charge < -0.3 is 18.6 Å². The molecule has 0 aliphatic carbocycles. The highest BCUT2D eigenvalue weighted by atomic mass is 15.3. The fourth-order valence-electron chi connectivity index (χ4n) is 13.3. The third-order valence-electron chi connectivity index (χ3n) is 17.1. The van der Waals surface area contributed by atoms with Crippen LogP contribution in [-0.4, -0.2) is 23.7 Å². The van der Waals surface area contributed by atoms with Crippen LogP contribution in [0.3, 0.4) is 0 Å². The Hall–Kier alpha value is -12.0. The molecule has 4 heterocycles. The first kappa shape index (κ1) is 50.5. The molecule has 88 heavy (non-hydrogen) atoms. The summed E-state index contributed by atoms with van der Waals surface area (Å²) in [6.07, 6.45) is 0. The summed E-state index contributed by atoms with van der Waals surface area (Å²) in [5.74, 6) is 1.25. The van der Waals surface area contributed by atoms with Gasteiger partial charge in [-0.2, -0.15) is 4.98 Å². The second-order valence-electron chi connectivity index (χ2n) is 22.2. The van der Waals surface area contributed by atoms with Crippen molar-refractivity contribution in [3.05, 3.63) is 328 Å². The number of nitrogens with zero attached hydrogens (tertiary/aromatic N) is 8. The quantitative estimate of drug-likeness (QED) is 0.122. The summed E-state index contributed by atoms with van der Waals surface area (Å²) >= 11 is 0. The fourth-order valence-corrected chi connectivity index (χ4v) is 13.3. The lowest BCUT2D eigenvalue weighted by atomic mass is 10.1. The molecule has 4 aromatic heterocycles. The van der Waals surface area contributed by atoms with Gasteiger partial charge in [0.1, 0.15) is 0 Å². The van der Waals surface area contributed by atoms with Crippen LogP contribution >= 0.6 is 0 Å². The molecule has 8 heteroatoms. The summed E-state index contributed by atoms with van der Waals surface area (Å²) in [7, 11) is 0. The molecule has 0 bridgehead atoms. The summed E-state index contributed by atoms with van der Waals surface area (Å²) in [4.78, 5) is 18.5. The normalized spacial score (nSPS) is 11.6. The Morgan fingerprint density at radius 2 is 0.568 bits per heavy atom. The molecule has 0 aliphatic heterocycles. The average molecular weight is 1130 g/mol. The minimum absolute atomic E-state index is 0.525. The summed E-state index contributed by atoms with van der Waals surface area (Å²) in [5, 5.41) is 7.83. The van der Waals surface area contributed by atoms with E-state index in [-0.39, 0.29) is 0 Å². The number of hydrogen-bond acceptors (Lipinski definition) is 5. The highest BCUT2D eigenvalue weighted by molar-refractivity contribution is 6.14. The van der Waals surface area contributed by atoms with Gasteiger partial charge in [-0.1, -0.05) is 170 Å². The van der Waals surface area contributed by atoms with E-state index >= 15 is 0 Å². The maximum absolute atomic E-state index is 5.96. The molecule has 0 aliphatic rings. The van der Waals surface area contributed by atoms with Crippen molar-refractivity contribution >= 4 is 128 Å². The first-order chi connectivity index (χ1) is 43.7. The monoisotopic (exact) mass is 1130 g/mol. The molecular formula is C80H54N8. The molecular weight excluding hydrogens is 1070 g/mol. The number of hydrogen-bond donors (Lipinski definition) is 0. The van der Waals surface area contributed by atoms with Crippen molar-refractivity contribution in [2.75, 3.05) is 14.7 Å². The molecule has 17 rings (SSSR count). The van der Waals surface area contributed by atoms with Crippen molar-refractivity contribution in [3.63, 3.8) is 0 Å². The zero-order chi connectivity index (χ0) is 58.1. The first-order valence-corrected chi connectivity index (χ1v) is 29.8. The Bertz CT molecular complexity index is 5410. The van der Waals surface area contributed by atoms with Gasteiger partial charge in [-0.15, -0.1) is 0 Å². The Morgan fingerprint density at radius 1 is 0.205 bits per heavy atom. The van der Waals surface area contributed by atoms with Gasteiger partial charge in [-0.3, -0.25) is 9.80 Å². The van der Waals surface area contributed by atoms with E-state index in [9.17, 15) is 0 Å². The molecule has 0 unspecified atom stereocenters. The Labute approximate surface area is 508 Å². The van der Waals surface area contributed by atoms with Crippen LogP contribution in [0.5, 0.6) is 0 Å². The van der Waals surface area contributed by atoms with E-state index in [1.165, 1.54) is 5.39 Å². The van der Waals surface area contributed by atoms with Crippen molar-refractivity contribution in [2.45, 2.75) is 0 Å². The first-order valence-electron chi connectivity index (χ1n) is 29.8. The van der Waals surface area contributed by atoms with Crippen molar-refractivity contribution < 1.29 is 0 Å². The Balaban J connectivity index is 0.923. The fraction of sp³-hybridized carbons (Fsp3) is 0. The SMILES string of the molecule is c1ccc(N(c2ccccc2)c2ccc3c(c2)c2ccccc2n3-c2ccc3nc(N(c4ccccc4)c4ccc5c6ccccc6n(-c6ccccc6)c5c4)nc(N(c4ccccc4)c4ccc5c(c4)c4ccccc4n5-c4ccccc4)c3c2)cc1. The molecule has 17 aromatic rings. The van der Waals surface area contributed by atoms with Crippen molar-refractivity contribution in [3.8, 4) is 17.1 Å². The highest BCUT2D eigenvalue weighted by Crippen LogP contribution is 2.46. The number of para-hydroxylation sites is 9. The van der Waals surface area contributed by atoms with Crippen LogP contribution in [0.1, 0.15) is 0 Å². The largest absolute Gasteiger partial charge is 0.310 e. The number of rotatable bonds is 12. The molecule has 414 valence electrons. The maximum atomic E-state index is 5.96. The van der Waals surface area contributed by atoms with Gasteiger partial charge in [0.25, 0.3) is 0 Å². The van der Waals surface area contributed by atoms with Gasteiger partial charge in [0.05, 0.1) is 44.3 Å². The third-order valence-corrected chi connectivity index (χ3v) is 17.1. The Morgan fingerprint density at radius 3 is 1.08 bits per heavy atom. The summed E-state index contributed by atoms with van der Waals surface area (Å²) in [6, 6.07) is 117. The minimum atomic E-state index is 0.525. The molecule has 0 amide bonds. The van der Waals surface area contributed by atoms with Gasteiger partial charge in [-0.05, 0) is 158 Å². The van der Waals surface area contributed by atoms with Crippen molar-refractivity contribution in [1.29, 1.82) is 0 Å². The second kappa shape index (κ2) is 21.0. The van der Waals surface area contributed by atoms with E-state index < -0.39 is 0 Å². The molecule has 0 atom stereocenters. The van der Waals surface area contributed by atoms with Crippen LogP contribution in [0.2, 0.25) is 0 Å². The van der Waals surface area contributed by atoms with E-state index in [4.69, 9.17) is 9.97 Å². The molecule has 13 aromatic carbocycles. The molecule has 0 saturated heterocycles. The lowest BCUT2D eigenvalue weighted by Gasteiger charge is -2.29.